The number of amides is 1. The van der Waals surface area contributed by atoms with E-state index in [4.69, 9.17) is 0 Å². The van der Waals surface area contributed by atoms with Crippen LogP contribution in [-0.2, 0) is 0 Å². The van der Waals surface area contributed by atoms with Gasteiger partial charge in [0.2, 0.25) is 0 Å². The number of carbonyl (C=O) groups is 1. The molecule has 1 aliphatic heterocycles. The highest BCUT2D eigenvalue weighted by atomic mass is 16.2. The third-order valence-corrected chi connectivity index (χ3v) is 5.12. The summed E-state index contributed by atoms with van der Waals surface area (Å²) in [6, 6.07) is 10.1. The number of nitrogens with zero attached hydrogens (tertiary/aromatic N) is 5. The van der Waals surface area contributed by atoms with E-state index in [9.17, 15) is 4.79 Å². The number of hydrogen-bond acceptors (Lipinski definition) is 5. The molecule has 7 heteroatoms. The molecule has 0 saturated carbocycles. The smallest absolute Gasteiger partial charge is 0.274 e. The van der Waals surface area contributed by atoms with Gasteiger partial charge in [-0.25, -0.2) is 9.97 Å². The first-order chi connectivity index (χ1) is 12.6. The molecule has 0 bridgehead atoms. The summed E-state index contributed by atoms with van der Waals surface area (Å²) in [7, 11) is 2.06. The molecule has 3 aromatic rings. The number of aromatic amines is 1. The number of para-hydroxylation sites is 1. The molecule has 0 radical (unpaired) electrons. The number of fused-ring (bicyclic) bond motifs is 1. The zero-order valence-corrected chi connectivity index (χ0v) is 15.0. The number of benzene rings is 1. The van der Waals surface area contributed by atoms with E-state index in [1.165, 1.54) is 0 Å². The molecule has 0 spiro atoms. The lowest BCUT2D eigenvalue weighted by molar-refractivity contribution is 0.0709. The third kappa shape index (κ3) is 3.00. The highest BCUT2D eigenvalue weighted by Crippen LogP contribution is 2.23. The molecule has 0 aliphatic carbocycles. The second-order valence-corrected chi connectivity index (χ2v) is 6.77. The van der Waals surface area contributed by atoms with Crippen molar-refractivity contribution in [1.29, 1.82) is 0 Å². The Morgan fingerprint density at radius 3 is 2.77 bits per heavy atom. The zero-order valence-electron chi connectivity index (χ0n) is 15.0. The van der Waals surface area contributed by atoms with E-state index in [0.29, 0.717) is 11.7 Å². The Bertz CT molecular complexity index is 928. The molecule has 1 saturated heterocycles. The van der Waals surface area contributed by atoms with Crippen molar-refractivity contribution in [1.82, 2.24) is 25.1 Å². The van der Waals surface area contributed by atoms with Gasteiger partial charge in [-0.3, -0.25) is 9.89 Å². The minimum Gasteiger partial charge on any atom is -0.356 e. The summed E-state index contributed by atoms with van der Waals surface area (Å²) < 4.78 is 0. The number of likely N-dealkylation sites (tertiary alicyclic amines) is 1. The van der Waals surface area contributed by atoms with Crippen LogP contribution in [0.1, 0.15) is 29.0 Å². The lowest BCUT2D eigenvalue weighted by Gasteiger charge is -2.37. The lowest BCUT2D eigenvalue weighted by Crippen LogP contribution is -2.46. The molecule has 1 fully saturated rings. The van der Waals surface area contributed by atoms with Crippen molar-refractivity contribution in [3.05, 3.63) is 48.0 Å². The molecule has 0 atom stereocenters. The topological polar surface area (TPSA) is 78.0 Å². The van der Waals surface area contributed by atoms with Crippen LogP contribution >= 0.6 is 0 Å². The molecule has 26 heavy (non-hydrogen) atoms. The van der Waals surface area contributed by atoms with Crippen LogP contribution in [0.2, 0.25) is 0 Å². The van der Waals surface area contributed by atoms with Crippen molar-refractivity contribution in [2.24, 2.45) is 0 Å². The van der Waals surface area contributed by atoms with Gasteiger partial charge in [-0.15, -0.1) is 0 Å². The number of nitrogens with one attached hydrogen (secondary N) is 1. The SMILES string of the molecule is Cc1cc(N(C)C2CCN(C(=O)c3n[nH]c4ccccc34)CC2)ncn1. The highest BCUT2D eigenvalue weighted by molar-refractivity contribution is 6.04. The second kappa shape index (κ2) is 6.74. The van der Waals surface area contributed by atoms with Crippen molar-refractivity contribution >= 4 is 22.6 Å². The number of aromatic nitrogens is 4. The molecule has 2 aromatic heterocycles. The van der Waals surface area contributed by atoms with Gasteiger partial charge in [-0.05, 0) is 25.8 Å². The standard InChI is InChI=1S/C19H22N6O/c1-13-11-17(21-12-20-13)24(2)14-7-9-25(10-8-14)19(26)18-15-5-3-4-6-16(15)22-23-18/h3-6,11-12,14H,7-10H2,1-2H3,(H,22,23). The first-order valence-electron chi connectivity index (χ1n) is 8.87. The van der Waals surface area contributed by atoms with Gasteiger partial charge in [-0.2, -0.15) is 5.10 Å². The fraction of sp³-hybridized carbons (Fsp3) is 0.368. The predicted molar refractivity (Wildman–Crippen MR) is 100 cm³/mol. The number of rotatable bonds is 3. The number of aryl methyl sites for hydroxylation is 1. The molecule has 1 amide bonds. The van der Waals surface area contributed by atoms with E-state index >= 15 is 0 Å². The summed E-state index contributed by atoms with van der Waals surface area (Å²) in [4.78, 5) is 25.5. The van der Waals surface area contributed by atoms with Gasteiger partial charge in [0.15, 0.2) is 5.69 Å². The quantitative estimate of drug-likeness (QED) is 0.785. The average Bonchev–Trinajstić information content (AvgIpc) is 3.11. The van der Waals surface area contributed by atoms with Crippen LogP contribution in [0.4, 0.5) is 5.82 Å². The largest absolute Gasteiger partial charge is 0.356 e. The molecule has 1 N–H and O–H groups in total. The number of H-pyrrole nitrogens is 1. The van der Waals surface area contributed by atoms with Gasteiger partial charge < -0.3 is 9.80 Å². The first kappa shape index (κ1) is 16.5. The summed E-state index contributed by atoms with van der Waals surface area (Å²) >= 11 is 0. The van der Waals surface area contributed by atoms with E-state index in [0.717, 1.165) is 48.3 Å². The van der Waals surface area contributed by atoms with Crippen molar-refractivity contribution in [3.63, 3.8) is 0 Å². The Balaban J connectivity index is 1.44. The Morgan fingerprint density at radius 1 is 1.23 bits per heavy atom. The summed E-state index contributed by atoms with van der Waals surface area (Å²) in [5.41, 5.74) is 2.36. The van der Waals surface area contributed by atoms with Crippen LogP contribution in [0.25, 0.3) is 10.9 Å². The van der Waals surface area contributed by atoms with Crippen molar-refractivity contribution in [2.45, 2.75) is 25.8 Å². The number of piperidine rings is 1. The normalized spacial score (nSPS) is 15.4. The van der Waals surface area contributed by atoms with Crippen LogP contribution in [0, 0.1) is 6.92 Å². The maximum absolute atomic E-state index is 12.9. The Hall–Kier alpha value is -2.96. The molecular weight excluding hydrogens is 328 g/mol. The van der Waals surface area contributed by atoms with Crippen LogP contribution in [0.3, 0.4) is 0 Å². The Morgan fingerprint density at radius 2 is 2.00 bits per heavy atom. The van der Waals surface area contributed by atoms with Gasteiger partial charge in [-0.1, -0.05) is 18.2 Å². The first-order valence-corrected chi connectivity index (χ1v) is 8.87. The second-order valence-electron chi connectivity index (χ2n) is 6.77. The van der Waals surface area contributed by atoms with Gasteiger partial charge in [0, 0.05) is 43.3 Å². The fourth-order valence-corrected chi connectivity index (χ4v) is 3.55. The fourth-order valence-electron chi connectivity index (χ4n) is 3.55. The third-order valence-electron chi connectivity index (χ3n) is 5.12. The lowest BCUT2D eigenvalue weighted by atomic mass is 10.0. The highest BCUT2D eigenvalue weighted by Gasteiger charge is 2.28. The maximum atomic E-state index is 12.9. The van der Waals surface area contributed by atoms with E-state index < -0.39 is 0 Å². The number of anilines is 1. The molecule has 1 aromatic carbocycles. The van der Waals surface area contributed by atoms with E-state index in [2.05, 4.69) is 32.1 Å². The number of hydrogen-bond donors (Lipinski definition) is 1. The van der Waals surface area contributed by atoms with Crippen LogP contribution < -0.4 is 4.90 Å². The Kier molecular flexibility index (Phi) is 4.28. The van der Waals surface area contributed by atoms with Crippen LogP contribution in [0.5, 0.6) is 0 Å². The summed E-state index contributed by atoms with van der Waals surface area (Å²) in [6.07, 6.45) is 3.42. The van der Waals surface area contributed by atoms with Gasteiger partial charge in [0.1, 0.15) is 12.1 Å². The van der Waals surface area contributed by atoms with Gasteiger partial charge in [0.05, 0.1) is 5.52 Å². The maximum Gasteiger partial charge on any atom is 0.274 e. The van der Waals surface area contributed by atoms with Crippen molar-refractivity contribution in [2.75, 3.05) is 25.0 Å². The molecule has 134 valence electrons. The number of carbonyl (C=O) groups excluding carboxylic acids is 1. The van der Waals surface area contributed by atoms with E-state index in [-0.39, 0.29) is 5.91 Å². The molecule has 4 rings (SSSR count). The van der Waals surface area contributed by atoms with Crippen LogP contribution in [0.15, 0.2) is 36.7 Å². The summed E-state index contributed by atoms with van der Waals surface area (Å²) in [5.74, 6) is 0.932. The monoisotopic (exact) mass is 350 g/mol. The minimum atomic E-state index is 0.00133. The molecular formula is C19H22N6O. The predicted octanol–water partition coefficient (Wildman–Crippen LogP) is 2.40. The van der Waals surface area contributed by atoms with Crippen molar-refractivity contribution in [3.8, 4) is 0 Å². The zero-order chi connectivity index (χ0) is 18.1. The molecule has 0 unspecified atom stereocenters. The van der Waals surface area contributed by atoms with Crippen LogP contribution in [-0.4, -0.2) is 57.2 Å². The molecule has 1 aliphatic rings. The average molecular weight is 350 g/mol. The minimum absolute atomic E-state index is 0.00133. The van der Waals surface area contributed by atoms with E-state index in [1.807, 2.05) is 42.2 Å². The molecule has 3 heterocycles. The molecule has 7 nitrogen and oxygen atoms in total. The summed E-state index contributed by atoms with van der Waals surface area (Å²) in [5, 5.41) is 8.06. The van der Waals surface area contributed by atoms with Gasteiger partial charge in [0.25, 0.3) is 5.91 Å². The Labute approximate surface area is 152 Å². The summed E-state index contributed by atoms with van der Waals surface area (Å²) in [6.45, 7) is 3.41. The van der Waals surface area contributed by atoms with Crippen molar-refractivity contribution < 1.29 is 4.79 Å². The van der Waals surface area contributed by atoms with E-state index in [1.54, 1.807) is 6.33 Å². The van der Waals surface area contributed by atoms with Gasteiger partial charge >= 0.3 is 0 Å².